The summed E-state index contributed by atoms with van der Waals surface area (Å²) in [5, 5.41) is 11.8. The summed E-state index contributed by atoms with van der Waals surface area (Å²) in [6, 6.07) is 11.3. The van der Waals surface area contributed by atoms with E-state index in [1.165, 1.54) is 16.4 Å². The first-order chi connectivity index (χ1) is 14.8. The van der Waals surface area contributed by atoms with Crippen molar-refractivity contribution in [3.63, 3.8) is 0 Å². The quantitative estimate of drug-likeness (QED) is 0.340. The lowest BCUT2D eigenvalue weighted by molar-refractivity contribution is 0.102. The third kappa shape index (κ3) is 3.52. The molecule has 0 aliphatic rings. The molecule has 4 rings (SSSR count). The predicted octanol–water partition coefficient (Wildman–Crippen LogP) is 2.39. The molecule has 1 aromatic carbocycles. The highest BCUT2D eigenvalue weighted by Crippen LogP contribution is 2.24. The van der Waals surface area contributed by atoms with Gasteiger partial charge in [0.05, 0.1) is 17.1 Å². The molecular weight excluding hydrogens is 414 g/mol. The van der Waals surface area contributed by atoms with E-state index in [0.717, 1.165) is 22.8 Å². The van der Waals surface area contributed by atoms with Gasteiger partial charge in [-0.15, -0.1) is 5.10 Å². The summed E-state index contributed by atoms with van der Waals surface area (Å²) < 4.78 is 6.88. The normalized spacial score (nSPS) is 11.3. The molecule has 0 spiro atoms. The number of benzene rings is 1. The first-order valence-electron chi connectivity index (χ1n) is 9.73. The molecular formula is C21H23N7O2S. The molecule has 0 fully saturated rings. The Morgan fingerprint density at radius 1 is 1.06 bits per heavy atom. The minimum Gasteiger partial charge on any atom is -0.311 e. The maximum Gasteiger partial charge on any atom is 0.295 e. The van der Waals surface area contributed by atoms with Crippen molar-refractivity contribution in [1.29, 1.82) is 0 Å². The van der Waals surface area contributed by atoms with Gasteiger partial charge in [0.15, 0.2) is 5.78 Å². The summed E-state index contributed by atoms with van der Waals surface area (Å²) in [4.78, 5) is 26.4. The molecule has 4 aromatic rings. The number of nitrogens with zero attached hydrogens (tertiary/aromatic N) is 7. The number of ketones is 1. The van der Waals surface area contributed by atoms with Crippen LogP contribution in [0.25, 0.3) is 11.4 Å². The second kappa shape index (κ2) is 8.03. The van der Waals surface area contributed by atoms with Gasteiger partial charge in [0.2, 0.25) is 5.16 Å². The number of hydrogen-bond acceptors (Lipinski definition) is 6. The Labute approximate surface area is 183 Å². The van der Waals surface area contributed by atoms with Crippen LogP contribution in [0.1, 0.15) is 27.4 Å². The Balaban J connectivity index is 1.74. The van der Waals surface area contributed by atoms with E-state index in [4.69, 9.17) is 0 Å². The molecule has 160 valence electrons. The lowest BCUT2D eigenvalue weighted by atomic mass is 10.2. The molecule has 0 aliphatic carbocycles. The molecule has 0 bridgehead atoms. The highest BCUT2D eigenvalue weighted by Gasteiger charge is 2.24. The van der Waals surface area contributed by atoms with Crippen molar-refractivity contribution in [3.05, 3.63) is 69.4 Å². The Bertz CT molecular complexity index is 1330. The summed E-state index contributed by atoms with van der Waals surface area (Å²) in [6.45, 7) is 5.68. The van der Waals surface area contributed by atoms with Crippen LogP contribution in [0.3, 0.4) is 0 Å². The third-order valence-electron chi connectivity index (χ3n) is 5.39. The smallest absolute Gasteiger partial charge is 0.295 e. The first kappa shape index (κ1) is 20.9. The molecule has 3 aromatic heterocycles. The lowest BCUT2D eigenvalue weighted by Gasteiger charge is -2.08. The van der Waals surface area contributed by atoms with Gasteiger partial charge < -0.3 is 4.57 Å². The van der Waals surface area contributed by atoms with Crippen LogP contribution in [0, 0.1) is 20.8 Å². The number of thioether (sulfide) groups is 1. The largest absolute Gasteiger partial charge is 0.311 e. The fourth-order valence-electron chi connectivity index (χ4n) is 3.75. The maximum absolute atomic E-state index is 13.4. The van der Waals surface area contributed by atoms with E-state index >= 15 is 0 Å². The number of hydrogen-bond donors (Lipinski definition) is 0. The van der Waals surface area contributed by atoms with Crippen molar-refractivity contribution in [2.75, 3.05) is 5.75 Å². The molecule has 0 radical (unpaired) electrons. The molecule has 9 nitrogen and oxygen atoms in total. The number of para-hydroxylation sites is 1. The van der Waals surface area contributed by atoms with Crippen molar-refractivity contribution < 1.29 is 4.79 Å². The van der Waals surface area contributed by atoms with Crippen molar-refractivity contribution >= 4 is 17.5 Å². The van der Waals surface area contributed by atoms with Crippen molar-refractivity contribution in [3.8, 4) is 11.4 Å². The SMILES string of the molecule is Cc1cc(C(=O)CSc2nnnn2C)c(C)n1-c1c(C)n(C)n(-c2ccccc2)c1=O. The molecule has 31 heavy (non-hydrogen) atoms. The van der Waals surface area contributed by atoms with Gasteiger partial charge in [-0.3, -0.25) is 14.3 Å². The van der Waals surface area contributed by atoms with E-state index in [-0.39, 0.29) is 17.1 Å². The second-order valence-electron chi connectivity index (χ2n) is 7.33. The highest BCUT2D eigenvalue weighted by atomic mass is 32.2. The van der Waals surface area contributed by atoms with Crippen molar-refractivity contribution in [2.45, 2.75) is 25.9 Å². The van der Waals surface area contributed by atoms with Crippen LogP contribution in [0.2, 0.25) is 0 Å². The molecule has 0 N–H and O–H groups in total. The fraction of sp³-hybridized carbons (Fsp3) is 0.286. The standard InChI is InChI=1S/C21H23N7O2S/c1-13-11-17(18(29)12-31-21-22-23-24-25(21)4)14(2)27(13)19-15(3)26(5)28(20(19)30)16-9-7-6-8-10-16/h6-11H,12H2,1-5H3. The summed E-state index contributed by atoms with van der Waals surface area (Å²) in [5.41, 5.74) is 4.18. The van der Waals surface area contributed by atoms with Gasteiger partial charge in [0.25, 0.3) is 5.56 Å². The van der Waals surface area contributed by atoms with Gasteiger partial charge >= 0.3 is 0 Å². The number of carbonyl (C=O) groups is 1. The fourth-order valence-corrected chi connectivity index (χ4v) is 4.49. The van der Waals surface area contributed by atoms with Crippen LogP contribution in [-0.2, 0) is 14.1 Å². The van der Waals surface area contributed by atoms with Crippen LogP contribution in [0.15, 0.2) is 46.3 Å². The Morgan fingerprint density at radius 2 is 1.77 bits per heavy atom. The summed E-state index contributed by atoms with van der Waals surface area (Å²) >= 11 is 1.28. The van der Waals surface area contributed by atoms with Crippen LogP contribution in [0.4, 0.5) is 0 Å². The van der Waals surface area contributed by atoms with E-state index in [0.29, 0.717) is 16.4 Å². The molecule has 0 saturated heterocycles. The minimum atomic E-state index is -0.133. The van der Waals surface area contributed by atoms with Crippen LogP contribution in [-0.4, -0.2) is 45.7 Å². The van der Waals surface area contributed by atoms with Gasteiger partial charge in [-0.1, -0.05) is 30.0 Å². The van der Waals surface area contributed by atoms with Gasteiger partial charge in [-0.05, 0) is 49.4 Å². The van der Waals surface area contributed by atoms with Gasteiger partial charge in [-0.2, -0.15) is 0 Å². The van der Waals surface area contributed by atoms with Crippen molar-refractivity contribution in [2.24, 2.45) is 14.1 Å². The maximum atomic E-state index is 13.4. The Kier molecular flexibility index (Phi) is 5.40. The van der Waals surface area contributed by atoms with Crippen LogP contribution < -0.4 is 5.56 Å². The molecule has 10 heteroatoms. The molecule has 0 atom stereocenters. The summed E-state index contributed by atoms with van der Waals surface area (Å²) in [6.07, 6.45) is 0. The van der Waals surface area contributed by atoms with Crippen LogP contribution in [0.5, 0.6) is 0 Å². The zero-order valence-electron chi connectivity index (χ0n) is 18.0. The zero-order chi connectivity index (χ0) is 22.3. The summed E-state index contributed by atoms with van der Waals surface area (Å²) in [5.74, 6) is 0.171. The molecule has 0 aliphatic heterocycles. The van der Waals surface area contributed by atoms with E-state index in [1.54, 1.807) is 11.7 Å². The van der Waals surface area contributed by atoms with Gasteiger partial charge in [0.1, 0.15) is 5.69 Å². The second-order valence-corrected chi connectivity index (χ2v) is 8.27. The molecule has 0 unspecified atom stereocenters. The molecule has 3 heterocycles. The number of aromatic nitrogens is 7. The van der Waals surface area contributed by atoms with E-state index in [9.17, 15) is 9.59 Å². The molecule has 0 saturated carbocycles. The van der Waals surface area contributed by atoms with E-state index in [1.807, 2.05) is 73.5 Å². The Morgan fingerprint density at radius 3 is 2.42 bits per heavy atom. The Hall–Kier alpha value is -3.40. The van der Waals surface area contributed by atoms with E-state index < -0.39 is 0 Å². The molecule has 0 amide bonds. The third-order valence-corrected chi connectivity index (χ3v) is 6.40. The average molecular weight is 438 g/mol. The summed E-state index contributed by atoms with van der Waals surface area (Å²) in [7, 11) is 3.59. The van der Waals surface area contributed by atoms with Crippen molar-refractivity contribution in [1.82, 2.24) is 34.1 Å². The number of aryl methyl sites for hydroxylation is 2. The van der Waals surface area contributed by atoms with Gasteiger partial charge in [0, 0.05) is 31.0 Å². The van der Waals surface area contributed by atoms with Gasteiger partial charge in [-0.25, -0.2) is 9.36 Å². The zero-order valence-corrected chi connectivity index (χ0v) is 18.8. The lowest BCUT2D eigenvalue weighted by Crippen LogP contribution is -2.22. The van der Waals surface area contributed by atoms with Crippen LogP contribution >= 0.6 is 11.8 Å². The number of rotatable bonds is 6. The minimum absolute atomic E-state index is 0.0377. The number of tetrazole rings is 1. The first-order valence-corrected chi connectivity index (χ1v) is 10.7. The number of carbonyl (C=O) groups excluding carboxylic acids is 1. The van der Waals surface area contributed by atoms with E-state index in [2.05, 4.69) is 15.5 Å². The average Bonchev–Trinajstić information content (AvgIpc) is 3.36. The highest BCUT2D eigenvalue weighted by molar-refractivity contribution is 7.99. The number of Topliss-reactive ketones (excluding diaryl/α,β-unsaturated/α-hetero) is 1. The topological polar surface area (TPSA) is 92.5 Å². The predicted molar refractivity (Wildman–Crippen MR) is 118 cm³/mol. The monoisotopic (exact) mass is 437 g/mol.